The third-order valence-electron chi connectivity index (χ3n) is 6.66. The number of halogens is 1. The number of hydrogen-bond donors (Lipinski definition) is 1. The van der Waals surface area contributed by atoms with Crippen LogP contribution in [0.15, 0.2) is 48.5 Å². The highest BCUT2D eigenvalue weighted by Crippen LogP contribution is 2.43. The van der Waals surface area contributed by atoms with Crippen molar-refractivity contribution in [3.63, 3.8) is 0 Å². The minimum atomic E-state index is -0.848. The number of aromatic nitrogens is 2. The lowest BCUT2D eigenvalue weighted by Gasteiger charge is -2.39. The van der Waals surface area contributed by atoms with E-state index in [0.717, 1.165) is 34.6 Å². The predicted octanol–water partition coefficient (Wildman–Crippen LogP) is 5.13. The van der Waals surface area contributed by atoms with Crippen LogP contribution in [0.25, 0.3) is 0 Å². The Morgan fingerprint density at radius 2 is 1.78 bits per heavy atom. The summed E-state index contributed by atoms with van der Waals surface area (Å²) >= 11 is 0. The summed E-state index contributed by atoms with van der Waals surface area (Å²) in [7, 11) is 0. The average Bonchev–Trinajstić information content (AvgIpc) is 3.16. The van der Waals surface area contributed by atoms with Gasteiger partial charge in [-0.2, -0.15) is 32.1 Å². The van der Waals surface area contributed by atoms with Gasteiger partial charge in [-0.1, -0.05) is 36.8 Å². The van der Waals surface area contributed by atoms with E-state index in [1.165, 1.54) is 12.1 Å². The van der Waals surface area contributed by atoms with E-state index in [1.54, 1.807) is 29.2 Å². The van der Waals surface area contributed by atoms with Crippen LogP contribution in [0, 0.1) is 19.7 Å². The molecule has 0 saturated heterocycles. The Kier molecular flexibility index (Phi) is 9.79. The van der Waals surface area contributed by atoms with Crippen LogP contribution in [0.4, 0.5) is 10.2 Å². The van der Waals surface area contributed by atoms with Crippen LogP contribution in [-0.2, 0) is 4.79 Å². The van der Waals surface area contributed by atoms with Gasteiger partial charge in [-0.3, -0.25) is 14.5 Å². The highest BCUT2D eigenvalue weighted by Gasteiger charge is 2.45. The molecule has 2 amide bonds. The van der Waals surface area contributed by atoms with Crippen molar-refractivity contribution < 1.29 is 14.0 Å². The molecule has 0 bridgehead atoms. The Morgan fingerprint density at radius 1 is 1.11 bits per heavy atom. The molecular weight excluding hydrogens is 495 g/mol. The Balaban J connectivity index is 0.00000228. The Morgan fingerprint density at radius 3 is 2.36 bits per heavy atom. The maximum Gasteiger partial charge on any atom is 0.251 e. The van der Waals surface area contributed by atoms with Crippen LogP contribution >= 0.6 is 27.0 Å². The van der Waals surface area contributed by atoms with E-state index in [0.29, 0.717) is 12.1 Å². The van der Waals surface area contributed by atoms with Gasteiger partial charge in [-0.25, -0.2) is 9.07 Å². The van der Waals surface area contributed by atoms with Crippen LogP contribution < -0.4 is 10.2 Å². The Hall–Kier alpha value is -2.78. The van der Waals surface area contributed by atoms with Crippen LogP contribution in [0.3, 0.4) is 0 Å². The largest absolute Gasteiger partial charge is 0.339 e. The van der Waals surface area contributed by atoms with Gasteiger partial charge in [0.05, 0.1) is 11.7 Å². The second-order valence-corrected chi connectivity index (χ2v) is 8.96. The van der Waals surface area contributed by atoms with Crippen LogP contribution in [0.2, 0.25) is 0 Å². The monoisotopic (exact) mass is 530 g/mol. The van der Waals surface area contributed by atoms with E-state index >= 15 is 0 Å². The first kappa shape index (κ1) is 29.5. The number of hydrogen-bond acceptors (Lipinski definition) is 3. The molecule has 3 aromatic rings. The Labute approximate surface area is 226 Å². The lowest BCUT2D eigenvalue weighted by molar-refractivity contribution is -0.121. The van der Waals surface area contributed by atoms with E-state index in [-0.39, 0.29) is 50.7 Å². The summed E-state index contributed by atoms with van der Waals surface area (Å²) in [5, 5.41) is 7.81. The summed E-state index contributed by atoms with van der Waals surface area (Å²) in [6.07, 6.45) is 0.855. The summed E-state index contributed by atoms with van der Waals surface area (Å²) in [6.45, 7) is 10.4. The summed E-state index contributed by atoms with van der Waals surface area (Å²) in [6, 6.07) is 12.7. The van der Waals surface area contributed by atoms with Gasteiger partial charge in [-0.05, 0) is 63.9 Å². The van der Waals surface area contributed by atoms with Gasteiger partial charge >= 0.3 is 0 Å². The predicted molar refractivity (Wildman–Crippen MR) is 151 cm³/mol. The third-order valence-corrected chi connectivity index (χ3v) is 6.66. The SMILES string of the molecule is CCC(C)n1nc(C)c2c1N(CC)C(=O)[C@@H](NC(=O)c1cccc(C)c1)[C@H]2c1ccc(F)cc1.S.S. The van der Waals surface area contributed by atoms with Crippen molar-refractivity contribution in [2.45, 2.75) is 59.0 Å². The number of carbonyl (C=O) groups is 2. The van der Waals surface area contributed by atoms with Gasteiger partial charge in [0.25, 0.3) is 11.8 Å². The molecule has 194 valence electrons. The van der Waals surface area contributed by atoms with Gasteiger partial charge < -0.3 is 5.32 Å². The van der Waals surface area contributed by atoms with Crippen LogP contribution in [0.1, 0.15) is 71.9 Å². The van der Waals surface area contributed by atoms with E-state index in [2.05, 4.69) is 19.2 Å². The van der Waals surface area contributed by atoms with Gasteiger partial charge in [0, 0.05) is 23.6 Å². The molecule has 0 saturated carbocycles. The first-order valence-electron chi connectivity index (χ1n) is 11.8. The smallest absolute Gasteiger partial charge is 0.251 e. The fourth-order valence-corrected chi connectivity index (χ4v) is 4.73. The molecule has 3 atom stereocenters. The molecule has 2 aromatic carbocycles. The normalized spacial score (nSPS) is 17.5. The quantitative estimate of drug-likeness (QED) is 0.480. The number of rotatable bonds is 6. The van der Waals surface area contributed by atoms with Crippen molar-refractivity contribution in [3.8, 4) is 0 Å². The molecule has 0 fully saturated rings. The molecule has 1 aliphatic rings. The molecule has 36 heavy (non-hydrogen) atoms. The van der Waals surface area contributed by atoms with Crippen molar-refractivity contribution in [3.05, 3.63) is 82.3 Å². The van der Waals surface area contributed by atoms with E-state index in [1.807, 2.05) is 37.6 Å². The molecule has 1 unspecified atom stereocenters. The van der Waals surface area contributed by atoms with E-state index in [9.17, 15) is 14.0 Å². The number of benzene rings is 2. The molecule has 2 heterocycles. The number of carbonyl (C=O) groups excluding carboxylic acids is 2. The highest BCUT2D eigenvalue weighted by atomic mass is 32.1. The zero-order valence-corrected chi connectivity index (χ0v) is 23.3. The van der Waals surface area contributed by atoms with Gasteiger partial charge in [0.2, 0.25) is 0 Å². The van der Waals surface area contributed by atoms with Gasteiger partial charge in [0.15, 0.2) is 0 Å². The zero-order chi connectivity index (χ0) is 24.6. The maximum atomic E-state index is 13.9. The van der Waals surface area contributed by atoms with E-state index in [4.69, 9.17) is 5.10 Å². The lowest BCUT2D eigenvalue weighted by atomic mass is 9.81. The number of anilines is 1. The number of likely N-dealkylation sites (N-methyl/N-ethyl adjacent to an activating group) is 1. The van der Waals surface area contributed by atoms with Crippen molar-refractivity contribution in [2.75, 3.05) is 11.4 Å². The molecule has 0 aliphatic carbocycles. The minimum Gasteiger partial charge on any atom is -0.339 e. The summed E-state index contributed by atoms with van der Waals surface area (Å²) < 4.78 is 15.7. The van der Waals surface area contributed by atoms with Crippen molar-refractivity contribution in [1.82, 2.24) is 15.1 Å². The van der Waals surface area contributed by atoms with Crippen LogP contribution in [-0.4, -0.2) is 34.2 Å². The zero-order valence-electron chi connectivity index (χ0n) is 21.3. The number of aryl methyl sites for hydroxylation is 2. The number of nitrogens with one attached hydrogen (secondary N) is 1. The fourth-order valence-electron chi connectivity index (χ4n) is 4.73. The molecule has 0 spiro atoms. The highest BCUT2D eigenvalue weighted by molar-refractivity contribution is 7.59. The molecule has 1 N–H and O–H groups in total. The first-order chi connectivity index (χ1) is 16.3. The summed E-state index contributed by atoms with van der Waals surface area (Å²) in [4.78, 5) is 28.8. The number of fused-ring (bicyclic) bond motifs is 1. The molecule has 6 nitrogen and oxygen atoms in total. The minimum absolute atomic E-state index is 0. The standard InChI is InChI=1S/C27H31FN4O2.2H2S/c1-6-17(4)32-26-22(18(5)30-32)23(19-11-13-21(28)14-12-19)24(27(34)31(26)7-2)29-25(33)20-10-8-9-16(3)15-20;;/h8-15,17,23-24H,6-7H2,1-5H3,(H,29,33);2*1H2/t17?,23-,24-;;/m0../s1. The van der Waals surface area contributed by atoms with Gasteiger partial charge in [0.1, 0.15) is 17.7 Å². The molecule has 1 aliphatic heterocycles. The molecule has 0 radical (unpaired) electrons. The van der Waals surface area contributed by atoms with E-state index < -0.39 is 12.0 Å². The lowest BCUT2D eigenvalue weighted by Crippen LogP contribution is -2.55. The van der Waals surface area contributed by atoms with Crippen molar-refractivity contribution in [1.29, 1.82) is 0 Å². The fraction of sp³-hybridized carbons (Fsp3) is 0.370. The second-order valence-electron chi connectivity index (χ2n) is 8.96. The second kappa shape index (κ2) is 12.0. The van der Waals surface area contributed by atoms with Gasteiger partial charge in [-0.15, -0.1) is 0 Å². The molecule has 1 aromatic heterocycles. The molecular formula is C27H35FN4O2S2. The molecule has 9 heteroatoms. The first-order valence-corrected chi connectivity index (χ1v) is 11.8. The average molecular weight is 531 g/mol. The topological polar surface area (TPSA) is 67.2 Å². The Bertz CT molecular complexity index is 1230. The van der Waals surface area contributed by atoms with Crippen molar-refractivity contribution in [2.24, 2.45) is 0 Å². The summed E-state index contributed by atoms with van der Waals surface area (Å²) in [5.74, 6) is -0.601. The third kappa shape index (κ3) is 5.32. The number of amides is 2. The van der Waals surface area contributed by atoms with Crippen molar-refractivity contribution >= 4 is 44.6 Å². The summed E-state index contributed by atoms with van der Waals surface area (Å²) in [5.41, 5.74) is 3.90. The number of nitrogens with zero attached hydrogens (tertiary/aromatic N) is 3. The molecule has 4 rings (SSSR count). The maximum absolute atomic E-state index is 13.9. The van der Waals surface area contributed by atoms with Crippen LogP contribution in [0.5, 0.6) is 0 Å².